The van der Waals surface area contributed by atoms with Crippen LogP contribution in [0.4, 0.5) is 0 Å². The van der Waals surface area contributed by atoms with Crippen LogP contribution in [0.15, 0.2) is 24.3 Å². The van der Waals surface area contributed by atoms with Gasteiger partial charge in [-0.2, -0.15) is 0 Å². The van der Waals surface area contributed by atoms with E-state index in [2.05, 4.69) is 4.74 Å². The standard InChI is InChI=1S/C17H16O7.CH4/c1-8-4-11(19)15(12(20)5-8)16(21)14-10(17(22)24-3)6-9(18)7-13(14)23-2;/h4-7,18-20H,1-3H3;1H4. The molecule has 0 aliphatic rings. The summed E-state index contributed by atoms with van der Waals surface area (Å²) >= 11 is 0. The zero-order chi connectivity index (χ0) is 18.0. The largest absolute Gasteiger partial charge is 0.508 e. The van der Waals surface area contributed by atoms with E-state index in [0.717, 1.165) is 19.2 Å². The normalized spacial score (nSPS) is 9.88. The van der Waals surface area contributed by atoms with Gasteiger partial charge in [0.25, 0.3) is 0 Å². The molecule has 3 N–H and O–H groups in total. The van der Waals surface area contributed by atoms with Crippen molar-refractivity contribution in [3.05, 3.63) is 46.5 Å². The van der Waals surface area contributed by atoms with Crippen molar-refractivity contribution in [2.75, 3.05) is 14.2 Å². The van der Waals surface area contributed by atoms with E-state index >= 15 is 0 Å². The van der Waals surface area contributed by atoms with Gasteiger partial charge in [0.1, 0.15) is 28.6 Å². The Labute approximate surface area is 145 Å². The van der Waals surface area contributed by atoms with E-state index in [4.69, 9.17) is 4.74 Å². The molecule has 7 nitrogen and oxygen atoms in total. The van der Waals surface area contributed by atoms with Gasteiger partial charge in [-0.1, -0.05) is 7.43 Å². The second-order valence-corrected chi connectivity index (χ2v) is 5.07. The Balaban J connectivity index is 0.00000312. The number of esters is 1. The van der Waals surface area contributed by atoms with Crippen molar-refractivity contribution in [3.8, 4) is 23.0 Å². The number of benzene rings is 2. The van der Waals surface area contributed by atoms with Crippen LogP contribution in [-0.4, -0.2) is 41.3 Å². The zero-order valence-electron chi connectivity index (χ0n) is 13.3. The Hall–Kier alpha value is -3.22. The van der Waals surface area contributed by atoms with Crippen molar-refractivity contribution in [2.45, 2.75) is 14.4 Å². The van der Waals surface area contributed by atoms with E-state index < -0.39 is 23.3 Å². The molecule has 2 aromatic rings. The molecule has 0 saturated carbocycles. The first kappa shape index (κ1) is 19.8. The van der Waals surface area contributed by atoms with Gasteiger partial charge in [0, 0.05) is 6.07 Å². The molecule has 2 aromatic carbocycles. The molecule has 0 radical (unpaired) electrons. The summed E-state index contributed by atoms with van der Waals surface area (Å²) in [5.74, 6) is -3.01. The maximum Gasteiger partial charge on any atom is 0.338 e. The van der Waals surface area contributed by atoms with Crippen molar-refractivity contribution in [1.82, 2.24) is 0 Å². The number of methoxy groups -OCH3 is 2. The molecule has 0 amide bonds. The maximum absolute atomic E-state index is 12.8. The Kier molecular flexibility index (Phi) is 6.00. The molecule has 0 aromatic heterocycles. The van der Waals surface area contributed by atoms with Gasteiger partial charge in [-0.3, -0.25) is 4.79 Å². The van der Waals surface area contributed by atoms with Gasteiger partial charge in [0.2, 0.25) is 5.78 Å². The van der Waals surface area contributed by atoms with Crippen molar-refractivity contribution in [2.24, 2.45) is 0 Å². The van der Waals surface area contributed by atoms with Crippen molar-refractivity contribution in [1.29, 1.82) is 0 Å². The lowest BCUT2D eigenvalue weighted by Crippen LogP contribution is -2.13. The molecule has 2 rings (SSSR count). The Morgan fingerprint density at radius 2 is 1.48 bits per heavy atom. The molecule has 0 atom stereocenters. The molecule has 0 aliphatic heterocycles. The number of phenolic OH excluding ortho intramolecular Hbond substituents is 3. The average molecular weight is 348 g/mol. The molecule has 0 saturated heterocycles. The van der Waals surface area contributed by atoms with Gasteiger partial charge in [-0.15, -0.1) is 0 Å². The van der Waals surface area contributed by atoms with E-state index in [9.17, 15) is 24.9 Å². The van der Waals surface area contributed by atoms with Crippen LogP contribution in [0.2, 0.25) is 0 Å². The lowest BCUT2D eigenvalue weighted by atomic mass is 9.95. The number of ketones is 1. The fraction of sp³-hybridized carbons (Fsp3) is 0.222. The summed E-state index contributed by atoms with van der Waals surface area (Å²) in [4.78, 5) is 24.8. The third-order valence-electron chi connectivity index (χ3n) is 3.41. The molecule has 0 fully saturated rings. The average Bonchev–Trinajstić information content (AvgIpc) is 2.51. The number of aromatic hydroxyl groups is 3. The molecule has 0 spiro atoms. The van der Waals surface area contributed by atoms with Crippen LogP contribution < -0.4 is 4.74 Å². The highest BCUT2D eigenvalue weighted by Gasteiger charge is 2.28. The number of hydrogen-bond acceptors (Lipinski definition) is 7. The molecule has 0 bridgehead atoms. The van der Waals surface area contributed by atoms with Crippen LogP contribution in [0.5, 0.6) is 23.0 Å². The summed E-state index contributed by atoms with van der Waals surface area (Å²) in [5.41, 5.74) is -0.322. The molecule has 0 heterocycles. The van der Waals surface area contributed by atoms with Crippen LogP contribution in [0, 0.1) is 6.92 Å². The lowest BCUT2D eigenvalue weighted by molar-refractivity contribution is 0.0596. The van der Waals surface area contributed by atoms with Gasteiger partial charge >= 0.3 is 5.97 Å². The number of ether oxygens (including phenoxy) is 2. The van der Waals surface area contributed by atoms with E-state index in [1.165, 1.54) is 19.2 Å². The van der Waals surface area contributed by atoms with Crippen molar-refractivity contribution < 1.29 is 34.4 Å². The molecular formula is C18H20O7. The fourth-order valence-corrected chi connectivity index (χ4v) is 2.37. The number of rotatable bonds is 4. The monoisotopic (exact) mass is 348 g/mol. The number of carbonyl (C=O) groups excluding carboxylic acids is 2. The van der Waals surface area contributed by atoms with Gasteiger partial charge in [-0.25, -0.2) is 4.79 Å². The molecule has 25 heavy (non-hydrogen) atoms. The number of aryl methyl sites for hydroxylation is 1. The second kappa shape index (κ2) is 7.57. The smallest absolute Gasteiger partial charge is 0.338 e. The first-order valence-corrected chi connectivity index (χ1v) is 6.86. The molecule has 0 unspecified atom stereocenters. The first-order chi connectivity index (χ1) is 11.3. The summed E-state index contributed by atoms with van der Waals surface area (Å²) in [6.45, 7) is 1.63. The fourth-order valence-electron chi connectivity index (χ4n) is 2.37. The Morgan fingerprint density at radius 1 is 0.920 bits per heavy atom. The first-order valence-electron chi connectivity index (χ1n) is 6.86. The molecule has 134 valence electrons. The molecular weight excluding hydrogens is 328 g/mol. The van der Waals surface area contributed by atoms with Gasteiger partial charge in [-0.05, 0) is 30.7 Å². The van der Waals surface area contributed by atoms with Crippen molar-refractivity contribution in [3.63, 3.8) is 0 Å². The number of phenols is 3. The van der Waals surface area contributed by atoms with E-state index in [0.29, 0.717) is 5.56 Å². The number of hydrogen-bond donors (Lipinski definition) is 3. The minimum atomic E-state index is -0.876. The third-order valence-corrected chi connectivity index (χ3v) is 3.41. The summed E-state index contributed by atoms with van der Waals surface area (Å²) in [6.07, 6.45) is 0. The quantitative estimate of drug-likeness (QED) is 0.575. The van der Waals surface area contributed by atoms with Crippen LogP contribution in [-0.2, 0) is 4.74 Å². The molecule has 0 aliphatic carbocycles. The predicted octanol–water partition coefficient (Wildman–Crippen LogP) is 2.77. The highest BCUT2D eigenvalue weighted by atomic mass is 16.5. The highest BCUT2D eigenvalue weighted by Crippen LogP contribution is 2.36. The van der Waals surface area contributed by atoms with Gasteiger partial charge in [0.15, 0.2) is 0 Å². The Bertz CT molecular complexity index is 801. The maximum atomic E-state index is 12.8. The van der Waals surface area contributed by atoms with Gasteiger partial charge < -0.3 is 24.8 Å². The predicted molar refractivity (Wildman–Crippen MR) is 90.7 cm³/mol. The number of carbonyl (C=O) groups is 2. The van der Waals surface area contributed by atoms with Gasteiger partial charge in [0.05, 0.1) is 25.3 Å². The third kappa shape index (κ3) is 3.65. The van der Waals surface area contributed by atoms with E-state index in [1.54, 1.807) is 6.92 Å². The summed E-state index contributed by atoms with van der Waals surface area (Å²) < 4.78 is 9.67. The van der Waals surface area contributed by atoms with Crippen LogP contribution in [0.3, 0.4) is 0 Å². The van der Waals surface area contributed by atoms with E-state index in [1.807, 2.05) is 0 Å². The minimum absolute atomic E-state index is 0. The van der Waals surface area contributed by atoms with Crippen LogP contribution in [0.25, 0.3) is 0 Å². The highest BCUT2D eigenvalue weighted by molar-refractivity contribution is 6.18. The molecule has 7 heteroatoms. The lowest BCUT2D eigenvalue weighted by Gasteiger charge is -2.14. The topological polar surface area (TPSA) is 113 Å². The van der Waals surface area contributed by atoms with Crippen LogP contribution in [0.1, 0.15) is 39.3 Å². The summed E-state index contributed by atoms with van der Waals surface area (Å²) in [7, 11) is 2.37. The zero-order valence-corrected chi connectivity index (χ0v) is 13.3. The summed E-state index contributed by atoms with van der Waals surface area (Å²) in [6, 6.07) is 4.79. The summed E-state index contributed by atoms with van der Waals surface area (Å²) in [5, 5.41) is 29.7. The Morgan fingerprint density at radius 3 is 1.96 bits per heavy atom. The van der Waals surface area contributed by atoms with E-state index in [-0.39, 0.29) is 35.6 Å². The SMILES string of the molecule is C.COC(=O)c1cc(O)cc(OC)c1C(=O)c1c(O)cc(C)cc1O. The minimum Gasteiger partial charge on any atom is -0.508 e. The second-order valence-electron chi connectivity index (χ2n) is 5.07. The van der Waals surface area contributed by atoms with Crippen molar-refractivity contribution >= 4 is 11.8 Å². The van der Waals surface area contributed by atoms with Crippen LogP contribution >= 0.6 is 0 Å².